The van der Waals surface area contributed by atoms with Gasteiger partial charge in [-0.05, 0) is 27.2 Å². The number of likely N-dealkylation sites (tertiary alicyclic amines) is 1. The molecule has 27 heavy (non-hydrogen) atoms. The average molecular weight is 386 g/mol. The zero-order valence-corrected chi connectivity index (χ0v) is 16.2. The summed E-state index contributed by atoms with van der Waals surface area (Å²) in [5.74, 6) is -4.43. The number of hydrogen-bond donors (Lipinski definition) is 2. The van der Waals surface area contributed by atoms with Gasteiger partial charge in [-0.3, -0.25) is 5.41 Å². The maximum atomic E-state index is 14.6. The Morgan fingerprint density at radius 1 is 1.52 bits per heavy atom. The van der Waals surface area contributed by atoms with E-state index in [1.165, 1.54) is 6.08 Å². The van der Waals surface area contributed by atoms with Crippen molar-refractivity contribution in [2.45, 2.75) is 58.0 Å². The van der Waals surface area contributed by atoms with Crippen LogP contribution in [0.1, 0.15) is 34.1 Å². The van der Waals surface area contributed by atoms with Crippen LogP contribution >= 0.6 is 0 Å². The van der Waals surface area contributed by atoms with Crippen molar-refractivity contribution in [2.75, 3.05) is 13.1 Å². The number of allylic oxidation sites excluding steroid dienone is 1. The lowest BCUT2D eigenvalue weighted by Gasteiger charge is -2.40. The lowest BCUT2D eigenvalue weighted by molar-refractivity contribution is -0.197. The number of piperidine rings is 1. The highest BCUT2D eigenvalue weighted by atomic mass is 19.3. The Labute approximate surface area is 158 Å². The Morgan fingerprint density at radius 2 is 2.15 bits per heavy atom. The SMILES string of the molecule is C=CC(C#N)C(C)[C@H](NC=N)OC1CCN(C(=O)OC(C)(C)C)CC1(F)F. The maximum absolute atomic E-state index is 14.6. The molecular formula is C18H28F2N4O3. The number of carbonyl (C=O) groups is 1. The number of carbonyl (C=O) groups excluding carboxylic acids is 1. The summed E-state index contributed by atoms with van der Waals surface area (Å²) >= 11 is 0. The molecule has 0 aliphatic carbocycles. The Balaban J connectivity index is 2.83. The summed E-state index contributed by atoms with van der Waals surface area (Å²) in [6.07, 6.45) is -1.06. The van der Waals surface area contributed by atoms with Gasteiger partial charge in [-0.2, -0.15) is 5.26 Å². The normalized spacial score (nSPS) is 22.7. The van der Waals surface area contributed by atoms with Crippen LogP contribution in [0.2, 0.25) is 0 Å². The van der Waals surface area contributed by atoms with Gasteiger partial charge in [0.25, 0.3) is 5.92 Å². The number of nitrogens with zero attached hydrogens (tertiary/aromatic N) is 2. The average Bonchev–Trinajstić information content (AvgIpc) is 2.54. The fraction of sp³-hybridized carbons (Fsp3) is 0.722. The third-order valence-electron chi connectivity index (χ3n) is 4.19. The molecule has 4 atom stereocenters. The molecule has 7 nitrogen and oxygen atoms in total. The van der Waals surface area contributed by atoms with Crippen molar-refractivity contribution in [3.05, 3.63) is 12.7 Å². The molecular weight excluding hydrogens is 358 g/mol. The molecule has 0 saturated carbocycles. The van der Waals surface area contributed by atoms with Crippen molar-refractivity contribution in [3.63, 3.8) is 0 Å². The van der Waals surface area contributed by atoms with Gasteiger partial charge in [-0.1, -0.05) is 13.0 Å². The van der Waals surface area contributed by atoms with Gasteiger partial charge in [0.1, 0.15) is 17.9 Å². The van der Waals surface area contributed by atoms with Gasteiger partial charge in [-0.15, -0.1) is 6.58 Å². The fourth-order valence-electron chi connectivity index (χ4n) is 2.72. The molecule has 1 fully saturated rings. The van der Waals surface area contributed by atoms with Crippen LogP contribution in [0.15, 0.2) is 12.7 Å². The molecule has 0 radical (unpaired) electrons. The van der Waals surface area contributed by atoms with Crippen LogP contribution in [0.4, 0.5) is 13.6 Å². The third-order valence-corrected chi connectivity index (χ3v) is 4.19. The van der Waals surface area contributed by atoms with Crippen LogP contribution in [0.5, 0.6) is 0 Å². The zero-order valence-electron chi connectivity index (χ0n) is 16.2. The number of hydrogen-bond acceptors (Lipinski definition) is 5. The van der Waals surface area contributed by atoms with Gasteiger partial charge >= 0.3 is 6.09 Å². The number of rotatable bonds is 7. The smallest absolute Gasteiger partial charge is 0.410 e. The first kappa shape index (κ1) is 22.8. The number of nitriles is 1. The second-order valence-electron chi connectivity index (χ2n) is 7.56. The molecule has 0 aromatic rings. The second kappa shape index (κ2) is 9.13. The molecule has 1 aliphatic rings. The van der Waals surface area contributed by atoms with Gasteiger partial charge in [0.05, 0.1) is 24.9 Å². The molecule has 1 rings (SSSR count). The molecule has 9 heteroatoms. The van der Waals surface area contributed by atoms with E-state index in [9.17, 15) is 13.6 Å². The largest absolute Gasteiger partial charge is 0.444 e. The molecule has 0 spiro atoms. The van der Waals surface area contributed by atoms with Gasteiger partial charge < -0.3 is 19.7 Å². The Hall–Kier alpha value is -2.21. The van der Waals surface area contributed by atoms with Gasteiger partial charge in [0, 0.05) is 12.5 Å². The van der Waals surface area contributed by atoms with E-state index in [4.69, 9.17) is 20.1 Å². The molecule has 3 unspecified atom stereocenters. The summed E-state index contributed by atoms with van der Waals surface area (Å²) in [6, 6.07) is 2.02. The minimum Gasteiger partial charge on any atom is -0.444 e. The zero-order chi connectivity index (χ0) is 20.8. The highest BCUT2D eigenvalue weighted by Gasteiger charge is 2.49. The van der Waals surface area contributed by atoms with Crippen molar-refractivity contribution in [1.82, 2.24) is 10.2 Å². The molecule has 0 aromatic heterocycles. The summed E-state index contributed by atoms with van der Waals surface area (Å²) in [5.41, 5.74) is -0.773. The third kappa shape index (κ3) is 6.47. The lowest BCUT2D eigenvalue weighted by atomic mass is 9.93. The van der Waals surface area contributed by atoms with Crippen molar-refractivity contribution < 1.29 is 23.0 Å². The van der Waals surface area contributed by atoms with E-state index in [1.54, 1.807) is 27.7 Å². The molecule has 0 aromatic carbocycles. The first-order valence-corrected chi connectivity index (χ1v) is 8.73. The molecule has 152 valence electrons. The number of alkyl halides is 2. The van der Waals surface area contributed by atoms with Crippen molar-refractivity contribution in [1.29, 1.82) is 10.7 Å². The van der Waals surface area contributed by atoms with Crippen LogP contribution in [0, 0.1) is 28.6 Å². The van der Waals surface area contributed by atoms with E-state index in [0.29, 0.717) is 0 Å². The van der Waals surface area contributed by atoms with E-state index in [0.717, 1.165) is 11.2 Å². The van der Waals surface area contributed by atoms with Crippen LogP contribution in [-0.2, 0) is 9.47 Å². The Bertz CT molecular complexity index is 586. The molecule has 1 saturated heterocycles. The van der Waals surface area contributed by atoms with Crippen molar-refractivity contribution >= 4 is 12.4 Å². The molecule has 1 aliphatic heterocycles. The first-order chi connectivity index (χ1) is 12.4. The lowest BCUT2D eigenvalue weighted by Crippen LogP contribution is -2.57. The molecule has 2 N–H and O–H groups in total. The van der Waals surface area contributed by atoms with Crippen LogP contribution < -0.4 is 5.32 Å². The molecule has 1 heterocycles. The highest BCUT2D eigenvalue weighted by Crippen LogP contribution is 2.32. The standard InChI is InChI=1S/C18H28F2N4O3/c1-6-13(9-21)12(2)15(23-11-22)26-14-7-8-24(10-18(14,19)20)16(25)27-17(3,4)5/h6,11-15H,1,7-8,10H2,2-5H3,(H2,22,23)/t12?,13?,14?,15-/m1/s1. The van der Waals surface area contributed by atoms with E-state index in [-0.39, 0.29) is 13.0 Å². The fourth-order valence-corrected chi connectivity index (χ4v) is 2.72. The van der Waals surface area contributed by atoms with E-state index in [2.05, 4.69) is 11.9 Å². The predicted octanol–water partition coefficient (Wildman–Crippen LogP) is 3.13. The second-order valence-corrected chi connectivity index (χ2v) is 7.56. The van der Waals surface area contributed by atoms with Crippen LogP contribution in [0.25, 0.3) is 0 Å². The summed E-state index contributed by atoms with van der Waals surface area (Å²) in [5, 5.41) is 18.9. The van der Waals surface area contributed by atoms with Crippen molar-refractivity contribution in [2.24, 2.45) is 11.8 Å². The first-order valence-electron chi connectivity index (χ1n) is 8.73. The summed E-state index contributed by atoms with van der Waals surface area (Å²) < 4.78 is 39.9. The maximum Gasteiger partial charge on any atom is 0.410 e. The monoisotopic (exact) mass is 386 g/mol. The quantitative estimate of drug-likeness (QED) is 0.303. The van der Waals surface area contributed by atoms with E-state index < -0.39 is 48.3 Å². The van der Waals surface area contributed by atoms with Gasteiger partial charge in [-0.25, -0.2) is 13.6 Å². The molecule has 0 bridgehead atoms. The predicted molar refractivity (Wildman–Crippen MR) is 96.4 cm³/mol. The van der Waals surface area contributed by atoms with Crippen LogP contribution in [0.3, 0.4) is 0 Å². The van der Waals surface area contributed by atoms with E-state index in [1.807, 2.05) is 6.07 Å². The topological polar surface area (TPSA) is 98.4 Å². The number of halogens is 2. The Morgan fingerprint density at radius 3 is 2.59 bits per heavy atom. The minimum absolute atomic E-state index is 0.0595. The highest BCUT2D eigenvalue weighted by molar-refractivity contribution is 5.68. The van der Waals surface area contributed by atoms with Crippen LogP contribution in [-0.4, -0.2) is 54.3 Å². The molecule has 1 amide bonds. The number of amides is 1. The Kier molecular flexibility index (Phi) is 7.72. The summed E-state index contributed by atoms with van der Waals surface area (Å²) in [7, 11) is 0. The summed E-state index contributed by atoms with van der Waals surface area (Å²) in [6.45, 7) is 9.46. The van der Waals surface area contributed by atoms with Crippen molar-refractivity contribution in [3.8, 4) is 6.07 Å². The van der Waals surface area contributed by atoms with Gasteiger partial charge in [0.2, 0.25) is 0 Å². The number of nitrogens with one attached hydrogen (secondary N) is 2. The summed E-state index contributed by atoms with van der Waals surface area (Å²) in [4.78, 5) is 13.0. The van der Waals surface area contributed by atoms with E-state index >= 15 is 0 Å². The number of ether oxygens (including phenoxy) is 2. The van der Waals surface area contributed by atoms with Gasteiger partial charge in [0.15, 0.2) is 0 Å². The minimum atomic E-state index is -3.30.